The van der Waals surface area contributed by atoms with Gasteiger partial charge in [-0.25, -0.2) is 9.59 Å². The summed E-state index contributed by atoms with van der Waals surface area (Å²) in [6.45, 7) is 1.95. The Morgan fingerprint density at radius 2 is 1.79 bits per heavy atom. The van der Waals surface area contributed by atoms with Gasteiger partial charge in [0.15, 0.2) is 11.5 Å². The van der Waals surface area contributed by atoms with Crippen LogP contribution in [0.2, 0.25) is 0 Å². The summed E-state index contributed by atoms with van der Waals surface area (Å²) in [7, 11) is 4.66. The minimum atomic E-state index is -0.745. The lowest BCUT2D eigenvalue weighted by molar-refractivity contribution is -0.139. The fraction of sp³-hybridized carbons (Fsp3) is 0.333. The van der Waals surface area contributed by atoms with E-state index in [2.05, 4.69) is 5.32 Å². The number of rotatable bonds is 9. The summed E-state index contributed by atoms with van der Waals surface area (Å²) >= 11 is 1.63. The second kappa shape index (κ2) is 11.0. The Kier molecular flexibility index (Phi) is 8.11. The molecule has 0 aromatic heterocycles. The SMILES string of the molecule is CCOC(=O)C1=C(COc2ccc(SC)cc2)N(C)C(=O)NC1c1ccc(OC)c(OC)c1. The average molecular weight is 473 g/mol. The smallest absolute Gasteiger partial charge is 0.338 e. The van der Waals surface area contributed by atoms with Gasteiger partial charge in [0, 0.05) is 11.9 Å². The van der Waals surface area contributed by atoms with E-state index in [-0.39, 0.29) is 19.2 Å². The van der Waals surface area contributed by atoms with Gasteiger partial charge in [-0.2, -0.15) is 0 Å². The van der Waals surface area contributed by atoms with Gasteiger partial charge in [-0.05, 0) is 55.1 Å². The zero-order chi connectivity index (χ0) is 24.0. The molecule has 1 unspecified atom stereocenters. The molecule has 8 nitrogen and oxygen atoms in total. The molecular weight excluding hydrogens is 444 g/mol. The monoisotopic (exact) mass is 472 g/mol. The normalized spacial score (nSPS) is 15.7. The first-order valence-electron chi connectivity index (χ1n) is 10.4. The van der Waals surface area contributed by atoms with Crippen LogP contribution in [0.5, 0.6) is 17.2 Å². The molecule has 2 amide bonds. The van der Waals surface area contributed by atoms with Gasteiger partial charge in [-0.15, -0.1) is 11.8 Å². The van der Waals surface area contributed by atoms with Gasteiger partial charge >= 0.3 is 12.0 Å². The van der Waals surface area contributed by atoms with E-state index in [1.807, 2.05) is 30.5 Å². The number of ether oxygens (including phenoxy) is 4. The van der Waals surface area contributed by atoms with Gasteiger partial charge in [-0.3, -0.25) is 4.90 Å². The maximum atomic E-state index is 13.0. The molecule has 1 heterocycles. The van der Waals surface area contributed by atoms with Crippen molar-refractivity contribution >= 4 is 23.8 Å². The van der Waals surface area contributed by atoms with Gasteiger partial charge in [0.2, 0.25) is 0 Å². The molecule has 0 bridgehead atoms. The molecule has 0 saturated heterocycles. The lowest BCUT2D eigenvalue weighted by Gasteiger charge is -2.34. The molecular formula is C24H28N2O6S. The largest absolute Gasteiger partial charge is 0.493 e. The van der Waals surface area contributed by atoms with E-state index in [9.17, 15) is 9.59 Å². The highest BCUT2D eigenvalue weighted by atomic mass is 32.2. The van der Waals surface area contributed by atoms with Gasteiger partial charge < -0.3 is 24.3 Å². The Balaban J connectivity index is 2.03. The van der Waals surface area contributed by atoms with E-state index in [0.29, 0.717) is 34.1 Å². The minimum Gasteiger partial charge on any atom is -0.493 e. The van der Waals surface area contributed by atoms with Crippen molar-refractivity contribution < 1.29 is 28.5 Å². The van der Waals surface area contributed by atoms with E-state index < -0.39 is 12.0 Å². The molecule has 3 rings (SSSR count). The average Bonchev–Trinajstić information content (AvgIpc) is 2.84. The number of carbonyl (C=O) groups excluding carboxylic acids is 2. The van der Waals surface area contributed by atoms with Crippen molar-refractivity contribution in [2.75, 3.05) is 40.7 Å². The van der Waals surface area contributed by atoms with Gasteiger partial charge in [-0.1, -0.05) is 6.07 Å². The standard InChI is InChI=1S/C24H28N2O6S/c1-6-31-23(27)21-18(14-32-16-8-10-17(33-5)11-9-16)26(2)24(28)25-22(21)15-7-12-19(29-3)20(13-15)30-4/h7-13,22H,6,14H2,1-5H3,(H,25,28). The van der Waals surface area contributed by atoms with Crippen molar-refractivity contribution in [3.8, 4) is 17.2 Å². The van der Waals surface area contributed by atoms with E-state index in [4.69, 9.17) is 18.9 Å². The molecule has 176 valence electrons. The number of carbonyl (C=O) groups is 2. The van der Waals surface area contributed by atoms with Crippen LogP contribution in [0, 0.1) is 0 Å². The second-order valence-electron chi connectivity index (χ2n) is 7.10. The summed E-state index contributed by atoms with van der Waals surface area (Å²) in [6.07, 6.45) is 2.00. The van der Waals surface area contributed by atoms with Crippen molar-refractivity contribution in [3.63, 3.8) is 0 Å². The van der Waals surface area contributed by atoms with Crippen LogP contribution in [0.1, 0.15) is 18.5 Å². The highest BCUT2D eigenvalue weighted by Gasteiger charge is 2.37. The van der Waals surface area contributed by atoms with Gasteiger partial charge in [0.25, 0.3) is 0 Å². The Morgan fingerprint density at radius 1 is 1.09 bits per heavy atom. The number of nitrogens with one attached hydrogen (secondary N) is 1. The second-order valence-corrected chi connectivity index (χ2v) is 7.98. The number of hydrogen-bond acceptors (Lipinski definition) is 7. The molecule has 1 N–H and O–H groups in total. The van der Waals surface area contributed by atoms with Crippen molar-refractivity contribution in [2.24, 2.45) is 0 Å². The predicted molar refractivity (Wildman–Crippen MR) is 126 cm³/mol. The number of nitrogens with zero attached hydrogens (tertiary/aromatic N) is 1. The van der Waals surface area contributed by atoms with E-state index in [1.54, 1.807) is 51.0 Å². The number of thioether (sulfide) groups is 1. The van der Waals surface area contributed by atoms with Crippen LogP contribution in [0.4, 0.5) is 4.79 Å². The van der Waals surface area contributed by atoms with Crippen LogP contribution in [0.15, 0.2) is 58.6 Å². The highest BCUT2D eigenvalue weighted by molar-refractivity contribution is 7.98. The maximum Gasteiger partial charge on any atom is 0.338 e. The van der Waals surface area contributed by atoms with Crippen molar-refractivity contribution in [3.05, 3.63) is 59.3 Å². The fourth-order valence-electron chi connectivity index (χ4n) is 3.49. The number of esters is 1. The minimum absolute atomic E-state index is 0.0144. The molecule has 0 radical (unpaired) electrons. The number of likely N-dealkylation sites (N-methyl/N-ethyl adjacent to an activating group) is 1. The first-order valence-corrected chi connectivity index (χ1v) is 11.6. The maximum absolute atomic E-state index is 13.0. The summed E-state index contributed by atoms with van der Waals surface area (Å²) in [5.74, 6) is 1.13. The van der Waals surface area contributed by atoms with Crippen LogP contribution >= 0.6 is 11.8 Å². The molecule has 0 fully saturated rings. The van der Waals surface area contributed by atoms with E-state index in [1.165, 1.54) is 12.0 Å². The number of methoxy groups -OCH3 is 2. The number of benzene rings is 2. The Morgan fingerprint density at radius 3 is 2.39 bits per heavy atom. The molecule has 2 aromatic carbocycles. The van der Waals surface area contributed by atoms with Crippen molar-refractivity contribution in [2.45, 2.75) is 17.9 Å². The van der Waals surface area contributed by atoms with Crippen LogP contribution < -0.4 is 19.5 Å². The Bertz CT molecular complexity index is 1040. The zero-order valence-electron chi connectivity index (χ0n) is 19.3. The van der Waals surface area contributed by atoms with Crippen LogP contribution in [-0.2, 0) is 9.53 Å². The topological polar surface area (TPSA) is 86.3 Å². The summed E-state index contributed by atoms with van der Waals surface area (Å²) in [5, 5.41) is 2.88. The molecule has 1 aliphatic rings. The quantitative estimate of drug-likeness (QED) is 0.436. The summed E-state index contributed by atoms with van der Waals surface area (Å²) in [5.41, 5.74) is 1.37. The zero-order valence-corrected chi connectivity index (χ0v) is 20.2. The molecule has 1 aliphatic heterocycles. The molecule has 0 saturated carbocycles. The molecule has 2 aromatic rings. The third-order valence-electron chi connectivity index (χ3n) is 5.25. The molecule has 1 atom stereocenters. The summed E-state index contributed by atoms with van der Waals surface area (Å²) in [6, 6.07) is 11.7. The van der Waals surface area contributed by atoms with Crippen molar-refractivity contribution in [1.29, 1.82) is 0 Å². The third kappa shape index (κ3) is 5.36. The van der Waals surface area contributed by atoms with Crippen LogP contribution in [0.3, 0.4) is 0 Å². The van der Waals surface area contributed by atoms with E-state index in [0.717, 1.165) is 4.90 Å². The highest BCUT2D eigenvalue weighted by Crippen LogP contribution is 2.36. The van der Waals surface area contributed by atoms with Gasteiger partial charge in [0.05, 0.1) is 38.1 Å². The van der Waals surface area contributed by atoms with Crippen LogP contribution in [0.25, 0.3) is 0 Å². The Hall–Kier alpha value is -3.33. The van der Waals surface area contributed by atoms with Crippen molar-refractivity contribution in [1.82, 2.24) is 10.2 Å². The lowest BCUT2D eigenvalue weighted by Crippen LogP contribution is -2.48. The first kappa shape index (κ1) is 24.3. The summed E-state index contributed by atoms with van der Waals surface area (Å²) in [4.78, 5) is 28.3. The number of amides is 2. The summed E-state index contributed by atoms with van der Waals surface area (Å²) < 4.78 is 22.0. The molecule has 0 spiro atoms. The third-order valence-corrected chi connectivity index (χ3v) is 5.99. The van der Waals surface area contributed by atoms with Gasteiger partial charge in [0.1, 0.15) is 12.4 Å². The fourth-order valence-corrected chi connectivity index (χ4v) is 3.90. The molecule has 9 heteroatoms. The molecule has 0 aliphatic carbocycles. The number of urea groups is 1. The lowest BCUT2D eigenvalue weighted by atomic mass is 9.94. The number of hydrogen-bond donors (Lipinski definition) is 1. The predicted octanol–water partition coefficient (Wildman–Crippen LogP) is 4.02. The Labute approximate surface area is 197 Å². The van der Waals surface area contributed by atoms with Crippen LogP contribution in [-0.4, -0.2) is 57.6 Å². The van der Waals surface area contributed by atoms with E-state index >= 15 is 0 Å². The molecule has 33 heavy (non-hydrogen) atoms. The first-order chi connectivity index (χ1) is 15.9.